The summed E-state index contributed by atoms with van der Waals surface area (Å²) >= 11 is 5.85. The SMILES string of the molecule is CC1CN(Cc2ccc(Cl)cc2)CCC1O. The summed E-state index contributed by atoms with van der Waals surface area (Å²) in [7, 11) is 0. The van der Waals surface area contributed by atoms with Gasteiger partial charge < -0.3 is 5.11 Å². The molecule has 1 saturated heterocycles. The average Bonchev–Trinajstić information content (AvgIpc) is 2.27. The molecule has 1 fully saturated rings. The van der Waals surface area contributed by atoms with E-state index in [1.165, 1.54) is 5.56 Å². The van der Waals surface area contributed by atoms with Gasteiger partial charge >= 0.3 is 0 Å². The summed E-state index contributed by atoms with van der Waals surface area (Å²) in [5, 5.41) is 10.4. The molecule has 0 amide bonds. The quantitative estimate of drug-likeness (QED) is 0.858. The first-order valence-electron chi connectivity index (χ1n) is 5.80. The van der Waals surface area contributed by atoms with Crippen LogP contribution in [0, 0.1) is 5.92 Å². The second-order valence-electron chi connectivity index (χ2n) is 4.69. The Bertz CT molecular complexity index is 338. The molecular formula is C13H18ClNO. The third-order valence-electron chi connectivity index (χ3n) is 3.26. The molecule has 0 aliphatic carbocycles. The molecule has 3 heteroatoms. The molecular weight excluding hydrogens is 222 g/mol. The van der Waals surface area contributed by atoms with Gasteiger partial charge in [0.05, 0.1) is 6.10 Å². The molecule has 0 spiro atoms. The van der Waals surface area contributed by atoms with Gasteiger partial charge in [0.25, 0.3) is 0 Å². The predicted molar refractivity (Wildman–Crippen MR) is 66.5 cm³/mol. The fourth-order valence-electron chi connectivity index (χ4n) is 2.21. The van der Waals surface area contributed by atoms with Gasteiger partial charge in [0.1, 0.15) is 0 Å². The van der Waals surface area contributed by atoms with Gasteiger partial charge in [-0.2, -0.15) is 0 Å². The van der Waals surface area contributed by atoms with Gasteiger partial charge in [-0.3, -0.25) is 4.90 Å². The van der Waals surface area contributed by atoms with Crippen LogP contribution in [0.5, 0.6) is 0 Å². The zero-order chi connectivity index (χ0) is 11.5. The molecule has 1 N–H and O–H groups in total. The number of aliphatic hydroxyl groups is 1. The van der Waals surface area contributed by atoms with Crippen LogP contribution in [0.1, 0.15) is 18.9 Å². The minimum Gasteiger partial charge on any atom is -0.393 e. The van der Waals surface area contributed by atoms with E-state index in [2.05, 4.69) is 24.0 Å². The number of rotatable bonds is 2. The van der Waals surface area contributed by atoms with Crippen LogP contribution in [0.4, 0.5) is 0 Å². The monoisotopic (exact) mass is 239 g/mol. The van der Waals surface area contributed by atoms with Gasteiger partial charge in [-0.1, -0.05) is 30.7 Å². The van der Waals surface area contributed by atoms with Gasteiger partial charge in [-0.05, 0) is 30.0 Å². The molecule has 16 heavy (non-hydrogen) atoms. The van der Waals surface area contributed by atoms with Crippen LogP contribution in [0.15, 0.2) is 24.3 Å². The van der Waals surface area contributed by atoms with Gasteiger partial charge in [-0.15, -0.1) is 0 Å². The molecule has 2 rings (SSSR count). The number of hydrogen-bond donors (Lipinski definition) is 1. The highest BCUT2D eigenvalue weighted by molar-refractivity contribution is 6.30. The smallest absolute Gasteiger partial charge is 0.0590 e. The highest BCUT2D eigenvalue weighted by atomic mass is 35.5. The molecule has 2 atom stereocenters. The van der Waals surface area contributed by atoms with Crippen molar-refractivity contribution >= 4 is 11.6 Å². The predicted octanol–water partition coefficient (Wildman–Crippen LogP) is 2.54. The number of likely N-dealkylation sites (tertiary alicyclic amines) is 1. The Morgan fingerprint density at radius 2 is 2.06 bits per heavy atom. The van der Waals surface area contributed by atoms with Crippen molar-refractivity contribution in [1.82, 2.24) is 4.90 Å². The largest absolute Gasteiger partial charge is 0.393 e. The first-order valence-corrected chi connectivity index (χ1v) is 6.18. The molecule has 1 aromatic rings. The molecule has 1 aliphatic rings. The minimum atomic E-state index is -0.124. The summed E-state index contributed by atoms with van der Waals surface area (Å²) in [6.45, 7) is 5.02. The molecule has 88 valence electrons. The first kappa shape index (κ1) is 11.9. The number of aliphatic hydroxyl groups excluding tert-OH is 1. The lowest BCUT2D eigenvalue weighted by Gasteiger charge is -2.34. The number of halogens is 1. The highest BCUT2D eigenvalue weighted by Crippen LogP contribution is 2.19. The molecule has 1 aliphatic heterocycles. The van der Waals surface area contributed by atoms with Crippen molar-refractivity contribution in [3.8, 4) is 0 Å². The summed E-state index contributed by atoms with van der Waals surface area (Å²) in [6.07, 6.45) is 0.760. The number of hydrogen-bond acceptors (Lipinski definition) is 2. The van der Waals surface area contributed by atoms with Gasteiger partial charge in [-0.25, -0.2) is 0 Å². The summed E-state index contributed by atoms with van der Waals surface area (Å²) in [5.74, 6) is 0.376. The third-order valence-corrected chi connectivity index (χ3v) is 3.52. The van der Waals surface area contributed by atoms with Crippen LogP contribution in [-0.4, -0.2) is 29.2 Å². The Morgan fingerprint density at radius 3 is 2.69 bits per heavy atom. The van der Waals surface area contributed by atoms with Gasteiger partial charge in [0.15, 0.2) is 0 Å². The molecule has 1 heterocycles. The van der Waals surface area contributed by atoms with E-state index in [1.54, 1.807) is 0 Å². The van der Waals surface area contributed by atoms with Crippen molar-refractivity contribution in [3.63, 3.8) is 0 Å². The van der Waals surface area contributed by atoms with E-state index in [0.29, 0.717) is 5.92 Å². The number of benzene rings is 1. The zero-order valence-corrected chi connectivity index (χ0v) is 10.3. The van der Waals surface area contributed by atoms with E-state index in [-0.39, 0.29) is 6.10 Å². The Morgan fingerprint density at radius 1 is 1.38 bits per heavy atom. The lowest BCUT2D eigenvalue weighted by Crippen LogP contribution is -2.41. The van der Waals surface area contributed by atoms with Gasteiger partial charge in [0, 0.05) is 24.7 Å². The van der Waals surface area contributed by atoms with Crippen LogP contribution >= 0.6 is 11.6 Å². The van der Waals surface area contributed by atoms with Crippen molar-refractivity contribution in [2.24, 2.45) is 5.92 Å². The number of piperidine rings is 1. The molecule has 0 aromatic heterocycles. The van der Waals surface area contributed by atoms with Crippen LogP contribution in [0.3, 0.4) is 0 Å². The van der Waals surface area contributed by atoms with Crippen molar-refractivity contribution in [2.75, 3.05) is 13.1 Å². The Kier molecular flexibility index (Phi) is 3.85. The standard InChI is InChI=1S/C13H18ClNO/c1-10-8-15(7-6-13(10)16)9-11-2-4-12(14)5-3-11/h2-5,10,13,16H,6-9H2,1H3. The second-order valence-corrected chi connectivity index (χ2v) is 5.13. The van der Waals surface area contributed by atoms with E-state index >= 15 is 0 Å². The van der Waals surface area contributed by atoms with E-state index in [0.717, 1.165) is 31.1 Å². The van der Waals surface area contributed by atoms with E-state index < -0.39 is 0 Å². The first-order chi connectivity index (χ1) is 7.65. The van der Waals surface area contributed by atoms with Crippen molar-refractivity contribution < 1.29 is 5.11 Å². The molecule has 2 unspecified atom stereocenters. The summed E-state index contributed by atoms with van der Waals surface area (Å²) in [6, 6.07) is 7.99. The lowest BCUT2D eigenvalue weighted by atomic mass is 9.96. The van der Waals surface area contributed by atoms with Crippen LogP contribution in [-0.2, 0) is 6.54 Å². The molecule has 0 radical (unpaired) electrons. The zero-order valence-electron chi connectivity index (χ0n) is 9.56. The number of nitrogens with zero attached hydrogens (tertiary/aromatic N) is 1. The maximum absolute atomic E-state index is 9.65. The van der Waals surface area contributed by atoms with E-state index in [4.69, 9.17) is 11.6 Å². The summed E-state index contributed by atoms with van der Waals surface area (Å²) < 4.78 is 0. The van der Waals surface area contributed by atoms with E-state index in [9.17, 15) is 5.11 Å². The fraction of sp³-hybridized carbons (Fsp3) is 0.538. The topological polar surface area (TPSA) is 23.5 Å². The van der Waals surface area contributed by atoms with E-state index in [1.807, 2.05) is 12.1 Å². The molecule has 2 nitrogen and oxygen atoms in total. The normalized spacial score (nSPS) is 26.9. The molecule has 0 saturated carbocycles. The Labute approximate surface area is 102 Å². The average molecular weight is 240 g/mol. The minimum absolute atomic E-state index is 0.124. The van der Waals surface area contributed by atoms with Crippen molar-refractivity contribution in [2.45, 2.75) is 26.0 Å². The fourth-order valence-corrected chi connectivity index (χ4v) is 2.34. The Balaban J connectivity index is 1.93. The highest BCUT2D eigenvalue weighted by Gasteiger charge is 2.23. The van der Waals surface area contributed by atoms with Crippen LogP contribution in [0.2, 0.25) is 5.02 Å². The van der Waals surface area contributed by atoms with Crippen LogP contribution < -0.4 is 0 Å². The lowest BCUT2D eigenvalue weighted by molar-refractivity contribution is 0.0320. The molecule has 1 aromatic carbocycles. The summed E-state index contributed by atoms with van der Waals surface area (Å²) in [4.78, 5) is 2.39. The van der Waals surface area contributed by atoms with Gasteiger partial charge in [0.2, 0.25) is 0 Å². The maximum Gasteiger partial charge on any atom is 0.0590 e. The third kappa shape index (κ3) is 2.97. The van der Waals surface area contributed by atoms with Crippen LogP contribution in [0.25, 0.3) is 0 Å². The summed E-state index contributed by atoms with van der Waals surface area (Å²) in [5.41, 5.74) is 1.29. The molecule has 0 bridgehead atoms. The van der Waals surface area contributed by atoms with Crippen molar-refractivity contribution in [1.29, 1.82) is 0 Å². The van der Waals surface area contributed by atoms with Crippen molar-refractivity contribution in [3.05, 3.63) is 34.9 Å². The maximum atomic E-state index is 9.65. The second kappa shape index (κ2) is 5.17. The Hall–Kier alpha value is -0.570.